The fourth-order valence-corrected chi connectivity index (χ4v) is 0.641. The van der Waals surface area contributed by atoms with Gasteiger partial charge in [-0.2, -0.15) is 0 Å². The van der Waals surface area contributed by atoms with Gasteiger partial charge in [0.2, 0.25) is 0 Å². The molecule has 0 spiro atoms. The van der Waals surface area contributed by atoms with Gasteiger partial charge in [0.15, 0.2) is 0 Å². The molecule has 0 N–H and O–H groups in total. The van der Waals surface area contributed by atoms with Crippen LogP contribution in [0.5, 0.6) is 0 Å². The van der Waals surface area contributed by atoms with E-state index in [1.807, 2.05) is 6.08 Å². The van der Waals surface area contributed by atoms with Crippen molar-refractivity contribution >= 4 is 0 Å². The van der Waals surface area contributed by atoms with Crippen LogP contribution in [0, 0.1) is 12.3 Å². The van der Waals surface area contributed by atoms with E-state index in [2.05, 4.69) is 32.6 Å². The summed E-state index contributed by atoms with van der Waals surface area (Å²) in [5, 5.41) is 0. The molecular formula is C8H13. The van der Waals surface area contributed by atoms with E-state index in [1.165, 1.54) is 0 Å². The first-order valence-corrected chi connectivity index (χ1v) is 2.95. The Morgan fingerprint density at radius 2 is 2.38 bits per heavy atom. The Morgan fingerprint density at radius 3 is 2.75 bits per heavy atom. The van der Waals surface area contributed by atoms with Gasteiger partial charge >= 0.3 is 0 Å². The van der Waals surface area contributed by atoms with Gasteiger partial charge in [-0.15, -0.1) is 5.73 Å². The van der Waals surface area contributed by atoms with Gasteiger partial charge in [-0.1, -0.05) is 20.4 Å². The summed E-state index contributed by atoms with van der Waals surface area (Å²) in [6.07, 6.45) is 5.26. The molecule has 45 valence electrons. The zero-order valence-electron chi connectivity index (χ0n) is 5.65. The summed E-state index contributed by atoms with van der Waals surface area (Å²) in [6.45, 7) is 7.70. The second-order valence-corrected chi connectivity index (χ2v) is 1.99. The van der Waals surface area contributed by atoms with Gasteiger partial charge in [0, 0.05) is 0 Å². The Morgan fingerprint density at radius 1 is 1.75 bits per heavy atom. The molecule has 0 saturated carbocycles. The summed E-state index contributed by atoms with van der Waals surface area (Å²) >= 11 is 0. The molecule has 0 aliphatic carbocycles. The highest BCUT2D eigenvalue weighted by molar-refractivity contribution is 4.83. The Hall–Kier alpha value is -0.480. The van der Waals surface area contributed by atoms with Gasteiger partial charge in [-0.25, -0.2) is 0 Å². The SMILES string of the molecule is C=C=CC(C)C[CH]C. The molecule has 0 fully saturated rings. The van der Waals surface area contributed by atoms with E-state index in [0.717, 1.165) is 6.42 Å². The zero-order chi connectivity index (χ0) is 6.41. The second-order valence-electron chi connectivity index (χ2n) is 1.99. The van der Waals surface area contributed by atoms with Crippen LogP contribution in [0.4, 0.5) is 0 Å². The minimum Gasteiger partial charge on any atom is -0.133 e. The third-order valence-electron chi connectivity index (χ3n) is 1.01. The Bertz CT molecular complexity index is 86.2. The Balaban J connectivity index is 3.31. The molecule has 0 aromatic heterocycles. The predicted octanol–water partition coefficient (Wildman–Crippen LogP) is 2.58. The molecule has 0 heterocycles. The van der Waals surface area contributed by atoms with Crippen LogP contribution in [0.1, 0.15) is 20.3 Å². The maximum atomic E-state index is 3.49. The smallest absolute Gasteiger partial charge is 0.0183 e. The highest BCUT2D eigenvalue weighted by Gasteiger charge is 1.90. The quantitative estimate of drug-likeness (QED) is 0.489. The summed E-state index contributed by atoms with van der Waals surface area (Å²) < 4.78 is 0. The Labute approximate surface area is 51.9 Å². The molecule has 8 heavy (non-hydrogen) atoms. The highest BCUT2D eigenvalue weighted by atomic mass is 14.0. The van der Waals surface area contributed by atoms with E-state index in [9.17, 15) is 0 Å². The predicted molar refractivity (Wildman–Crippen MR) is 37.5 cm³/mol. The summed E-state index contributed by atoms with van der Waals surface area (Å²) in [6, 6.07) is 0. The maximum Gasteiger partial charge on any atom is -0.0183 e. The van der Waals surface area contributed by atoms with E-state index in [1.54, 1.807) is 0 Å². The van der Waals surface area contributed by atoms with Crippen molar-refractivity contribution in [2.24, 2.45) is 5.92 Å². The molecule has 0 aromatic rings. The lowest BCUT2D eigenvalue weighted by Gasteiger charge is -1.97. The van der Waals surface area contributed by atoms with Crippen LogP contribution < -0.4 is 0 Å². The van der Waals surface area contributed by atoms with Crippen LogP contribution >= 0.6 is 0 Å². The molecule has 0 aromatic carbocycles. The zero-order valence-corrected chi connectivity index (χ0v) is 5.65. The number of hydrogen-bond donors (Lipinski definition) is 0. The lowest BCUT2D eigenvalue weighted by molar-refractivity contribution is 0.713. The molecular weight excluding hydrogens is 96.1 g/mol. The number of allylic oxidation sites excluding steroid dienone is 1. The van der Waals surface area contributed by atoms with Crippen LogP contribution in [0.3, 0.4) is 0 Å². The molecule has 0 bridgehead atoms. The molecule has 1 unspecified atom stereocenters. The molecule has 0 rings (SSSR count). The first-order chi connectivity index (χ1) is 3.81. The second kappa shape index (κ2) is 4.67. The van der Waals surface area contributed by atoms with Gasteiger partial charge in [-0.3, -0.25) is 0 Å². The summed E-state index contributed by atoms with van der Waals surface area (Å²) in [5.74, 6) is 0.609. The molecule has 0 amide bonds. The van der Waals surface area contributed by atoms with E-state index >= 15 is 0 Å². The average molecular weight is 109 g/mol. The molecule has 0 saturated heterocycles. The van der Waals surface area contributed by atoms with Gasteiger partial charge in [-0.05, 0) is 24.8 Å². The van der Waals surface area contributed by atoms with Crippen LogP contribution in [-0.2, 0) is 0 Å². The van der Waals surface area contributed by atoms with Crippen molar-refractivity contribution in [1.29, 1.82) is 0 Å². The van der Waals surface area contributed by atoms with Crippen LogP contribution in [0.25, 0.3) is 0 Å². The first kappa shape index (κ1) is 7.52. The van der Waals surface area contributed by atoms with Gasteiger partial charge in [0.05, 0.1) is 0 Å². The van der Waals surface area contributed by atoms with Gasteiger partial charge < -0.3 is 0 Å². The molecule has 0 heteroatoms. The fraction of sp³-hybridized carbons (Fsp3) is 0.500. The van der Waals surface area contributed by atoms with Crippen LogP contribution in [0.15, 0.2) is 18.4 Å². The van der Waals surface area contributed by atoms with Crippen molar-refractivity contribution in [1.82, 2.24) is 0 Å². The molecule has 0 nitrogen and oxygen atoms in total. The fourth-order valence-electron chi connectivity index (χ4n) is 0.641. The van der Waals surface area contributed by atoms with Crippen molar-refractivity contribution in [2.45, 2.75) is 20.3 Å². The van der Waals surface area contributed by atoms with E-state index in [4.69, 9.17) is 0 Å². The van der Waals surface area contributed by atoms with Crippen molar-refractivity contribution in [3.63, 3.8) is 0 Å². The van der Waals surface area contributed by atoms with Crippen molar-refractivity contribution in [3.05, 3.63) is 24.8 Å². The number of hydrogen-bond acceptors (Lipinski definition) is 0. The van der Waals surface area contributed by atoms with Crippen molar-refractivity contribution in [2.75, 3.05) is 0 Å². The minimum absolute atomic E-state index is 0.609. The lowest BCUT2D eigenvalue weighted by Crippen LogP contribution is -1.85. The monoisotopic (exact) mass is 109 g/mol. The summed E-state index contributed by atoms with van der Waals surface area (Å²) in [4.78, 5) is 0. The minimum atomic E-state index is 0.609. The summed E-state index contributed by atoms with van der Waals surface area (Å²) in [7, 11) is 0. The third-order valence-corrected chi connectivity index (χ3v) is 1.01. The van der Waals surface area contributed by atoms with Crippen LogP contribution in [0.2, 0.25) is 0 Å². The lowest BCUT2D eigenvalue weighted by atomic mass is 10.1. The first-order valence-electron chi connectivity index (χ1n) is 2.95. The third kappa shape index (κ3) is 3.70. The summed E-state index contributed by atoms with van der Waals surface area (Å²) in [5.41, 5.74) is 2.76. The standard InChI is InChI=1S/C8H13/c1-4-6-8(3)7-5-2/h5-6,8H,1,7H2,2-3H3. The maximum absolute atomic E-state index is 3.49. The average Bonchev–Trinajstić information content (AvgIpc) is 1.68. The van der Waals surface area contributed by atoms with Gasteiger partial charge in [0.25, 0.3) is 0 Å². The molecule has 1 radical (unpaired) electrons. The van der Waals surface area contributed by atoms with Crippen molar-refractivity contribution in [3.8, 4) is 0 Å². The number of rotatable bonds is 3. The van der Waals surface area contributed by atoms with Crippen LogP contribution in [-0.4, -0.2) is 0 Å². The van der Waals surface area contributed by atoms with Crippen molar-refractivity contribution < 1.29 is 0 Å². The Kier molecular flexibility index (Phi) is 4.39. The van der Waals surface area contributed by atoms with E-state index < -0.39 is 0 Å². The van der Waals surface area contributed by atoms with E-state index in [0.29, 0.717) is 5.92 Å². The van der Waals surface area contributed by atoms with E-state index in [-0.39, 0.29) is 0 Å². The normalized spacial score (nSPS) is 12.2. The molecule has 1 atom stereocenters. The highest BCUT2D eigenvalue weighted by Crippen LogP contribution is 2.03. The van der Waals surface area contributed by atoms with Gasteiger partial charge in [0.1, 0.15) is 0 Å². The molecule has 0 aliphatic heterocycles. The topological polar surface area (TPSA) is 0 Å². The largest absolute Gasteiger partial charge is 0.133 e. The molecule has 0 aliphatic rings.